The van der Waals surface area contributed by atoms with E-state index in [1.165, 1.54) is 21.9 Å². The molecular weight excluding hydrogens is 334 g/mol. The quantitative estimate of drug-likeness (QED) is 0.307. The molecule has 3 rings (SSSR count). The summed E-state index contributed by atoms with van der Waals surface area (Å²) in [6.45, 7) is 0. The van der Waals surface area contributed by atoms with E-state index in [1.54, 1.807) is 0 Å². The van der Waals surface area contributed by atoms with E-state index in [-0.39, 0.29) is 58.9 Å². The summed E-state index contributed by atoms with van der Waals surface area (Å²) in [6.07, 6.45) is 0. The second-order valence-corrected chi connectivity index (χ2v) is 3.70. The third-order valence-electron chi connectivity index (χ3n) is 2.76. The van der Waals surface area contributed by atoms with Crippen LogP contribution < -0.4 is 37.2 Å². The van der Waals surface area contributed by atoms with E-state index in [1.807, 2.05) is 0 Å². The van der Waals surface area contributed by atoms with Crippen LogP contribution in [0.25, 0.3) is 21.9 Å². The van der Waals surface area contributed by atoms with Gasteiger partial charge in [-0.05, 0) is 5.56 Å². The van der Waals surface area contributed by atoms with E-state index in [0.717, 1.165) is 0 Å². The smallest absolute Gasteiger partial charge is 1.00 e. The largest absolute Gasteiger partial charge is 4.00 e. The van der Waals surface area contributed by atoms with Crippen molar-refractivity contribution in [3.63, 3.8) is 0 Å². The van der Waals surface area contributed by atoms with E-state index in [4.69, 9.17) is 0 Å². The SMILES string of the molecule is [Cl-].[Cl-].[Cl-].[Ti+4].c1ccc(-c2cccc3[cH-]ccc23)cc1. The molecule has 0 aliphatic carbocycles. The summed E-state index contributed by atoms with van der Waals surface area (Å²) in [6, 6.07) is 23.4. The summed E-state index contributed by atoms with van der Waals surface area (Å²) in [5.74, 6) is 0. The molecule has 0 aromatic heterocycles. The van der Waals surface area contributed by atoms with E-state index < -0.39 is 0 Å². The van der Waals surface area contributed by atoms with Crippen LogP contribution in [0.15, 0.2) is 66.7 Å². The Morgan fingerprint density at radius 3 is 2.05 bits per heavy atom. The Hall–Kier alpha value is -0.366. The van der Waals surface area contributed by atoms with E-state index in [0.29, 0.717) is 0 Å². The first-order chi connectivity index (χ1) is 7.45. The van der Waals surface area contributed by atoms with Crippen molar-refractivity contribution in [3.8, 4) is 11.1 Å². The number of fused-ring (bicyclic) bond motifs is 1. The molecule has 0 amide bonds. The van der Waals surface area contributed by atoms with Crippen LogP contribution in [0.2, 0.25) is 0 Å². The minimum absolute atomic E-state index is 0. The summed E-state index contributed by atoms with van der Waals surface area (Å²) in [5, 5.41) is 2.65. The van der Waals surface area contributed by atoms with Gasteiger partial charge in [0.05, 0.1) is 0 Å². The van der Waals surface area contributed by atoms with Gasteiger partial charge < -0.3 is 37.2 Å². The number of benzene rings is 2. The standard InChI is InChI=1S/C15H11.3ClH.Ti/c1-2-6-12(7-3-1)14-10-4-8-13-9-5-11-15(13)14;;;;/h1-11H;3*1H;/q-1;;;;+4/p-3. The molecule has 0 saturated heterocycles. The van der Waals surface area contributed by atoms with Crippen LogP contribution in [0.5, 0.6) is 0 Å². The van der Waals surface area contributed by atoms with Crippen molar-refractivity contribution in [1.82, 2.24) is 0 Å². The van der Waals surface area contributed by atoms with E-state index >= 15 is 0 Å². The third kappa shape index (κ3) is 4.31. The van der Waals surface area contributed by atoms with Gasteiger partial charge in [0.25, 0.3) is 0 Å². The van der Waals surface area contributed by atoms with Crippen LogP contribution in [0.3, 0.4) is 0 Å². The Bertz CT molecular complexity index is 590. The van der Waals surface area contributed by atoms with Crippen molar-refractivity contribution in [2.75, 3.05) is 0 Å². The first-order valence-corrected chi connectivity index (χ1v) is 5.15. The summed E-state index contributed by atoms with van der Waals surface area (Å²) in [7, 11) is 0. The fourth-order valence-corrected chi connectivity index (χ4v) is 2.03. The number of halogens is 3. The predicted octanol–water partition coefficient (Wildman–Crippen LogP) is -4.76. The van der Waals surface area contributed by atoms with Crippen molar-refractivity contribution in [1.29, 1.82) is 0 Å². The molecule has 4 heteroatoms. The normalized spacial score (nSPS) is 8.42. The number of hydrogen-bond donors (Lipinski definition) is 0. The molecule has 0 N–H and O–H groups in total. The van der Waals surface area contributed by atoms with Gasteiger partial charge in [0.2, 0.25) is 0 Å². The molecule has 0 spiro atoms. The van der Waals surface area contributed by atoms with Gasteiger partial charge in [-0.1, -0.05) is 42.0 Å². The van der Waals surface area contributed by atoms with E-state index in [2.05, 4.69) is 66.7 Å². The summed E-state index contributed by atoms with van der Waals surface area (Å²) in [4.78, 5) is 0. The maximum Gasteiger partial charge on any atom is 4.00 e. The van der Waals surface area contributed by atoms with E-state index in [9.17, 15) is 0 Å². The number of rotatable bonds is 1. The topological polar surface area (TPSA) is 0 Å². The van der Waals surface area contributed by atoms with Gasteiger partial charge in [0, 0.05) is 0 Å². The summed E-state index contributed by atoms with van der Waals surface area (Å²) < 4.78 is 0. The maximum absolute atomic E-state index is 2.18. The van der Waals surface area contributed by atoms with Gasteiger partial charge in [-0.15, -0.1) is 29.0 Å². The Morgan fingerprint density at radius 2 is 1.37 bits per heavy atom. The van der Waals surface area contributed by atoms with Crippen LogP contribution in [-0.4, -0.2) is 0 Å². The average molecular weight is 345 g/mol. The Kier molecular flexibility index (Phi) is 10.5. The Morgan fingerprint density at radius 1 is 0.684 bits per heavy atom. The average Bonchev–Trinajstić information content (AvgIpc) is 2.78. The van der Waals surface area contributed by atoms with Gasteiger partial charge in [0.1, 0.15) is 0 Å². The molecule has 0 radical (unpaired) electrons. The Labute approximate surface area is 147 Å². The van der Waals surface area contributed by atoms with Crippen molar-refractivity contribution in [2.24, 2.45) is 0 Å². The summed E-state index contributed by atoms with van der Waals surface area (Å²) >= 11 is 0. The van der Waals surface area contributed by atoms with Gasteiger partial charge >= 0.3 is 21.7 Å². The summed E-state index contributed by atoms with van der Waals surface area (Å²) in [5.41, 5.74) is 2.60. The molecule has 0 unspecified atom stereocenters. The van der Waals surface area contributed by atoms with Crippen molar-refractivity contribution >= 4 is 10.8 Å². The molecule has 0 nitrogen and oxygen atoms in total. The first kappa shape index (κ1) is 20.9. The monoisotopic (exact) mass is 344 g/mol. The number of hydrogen-bond acceptors (Lipinski definition) is 0. The molecule has 3 aromatic carbocycles. The second kappa shape index (κ2) is 9.52. The molecule has 96 valence electrons. The van der Waals surface area contributed by atoms with Crippen molar-refractivity contribution in [2.45, 2.75) is 0 Å². The minimum Gasteiger partial charge on any atom is -1.00 e. The van der Waals surface area contributed by atoms with Crippen LogP contribution in [0.1, 0.15) is 0 Å². The fourth-order valence-electron chi connectivity index (χ4n) is 2.03. The van der Waals surface area contributed by atoms with Gasteiger partial charge in [-0.2, -0.15) is 12.1 Å². The first-order valence-electron chi connectivity index (χ1n) is 5.15. The third-order valence-corrected chi connectivity index (χ3v) is 2.76. The molecule has 0 fully saturated rings. The minimum atomic E-state index is 0. The molecule has 0 heterocycles. The predicted molar refractivity (Wildman–Crippen MR) is 65.0 cm³/mol. The molecule has 3 aromatic rings. The molecule has 19 heavy (non-hydrogen) atoms. The fraction of sp³-hybridized carbons (Fsp3) is 0. The van der Waals surface area contributed by atoms with Gasteiger partial charge in [0.15, 0.2) is 0 Å². The van der Waals surface area contributed by atoms with Crippen LogP contribution in [0.4, 0.5) is 0 Å². The van der Waals surface area contributed by atoms with Gasteiger partial charge in [-0.25, -0.2) is 0 Å². The Balaban J connectivity index is 0. The second-order valence-electron chi connectivity index (χ2n) is 3.70. The zero-order chi connectivity index (χ0) is 10.1. The van der Waals surface area contributed by atoms with Crippen LogP contribution >= 0.6 is 0 Å². The zero-order valence-corrected chi connectivity index (χ0v) is 13.8. The molecule has 0 aliphatic heterocycles. The maximum atomic E-state index is 2.18. The van der Waals surface area contributed by atoms with Crippen molar-refractivity contribution in [3.05, 3.63) is 66.7 Å². The molecule has 0 bridgehead atoms. The zero-order valence-electron chi connectivity index (χ0n) is 9.98. The van der Waals surface area contributed by atoms with Crippen LogP contribution in [-0.2, 0) is 21.7 Å². The van der Waals surface area contributed by atoms with Crippen molar-refractivity contribution < 1.29 is 58.9 Å². The molecule has 0 saturated carbocycles. The van der Waals surface area contributed by atoms with Crippen LogP contribution in [0, 0.1) is 0 Å². The molecule has 0 atom stereocenters. The molecular formula is C15H11Cl3Ti. The van der Waals surface area contributed by atoms with Gasteiger partial charge in [-0.3, -0.25) is 0 Å². The molecule has 0 aliphatic rings.